The number of nitrogen functional groups attached to an aromatic ring is 1. The van der Waals surface area contributed by atoms with Crippen LogP contribution in [0.2, 0.25) is 0 Å². The van der Waals surface area contributed by atoms with Crippen molar-refractivity contribution in [3.63, 3.8) is 0 Å². The van der Waals surface area contributed by atoms with Gasteiger partial charge in [-0.05, 0) is 37.6 Å². The van der Waals surface area contributed by atoms with Crippen molar-refractivity contribution in [1.29, 1.82) is 0 Å². The number of hydrogen-bond donors (Lipinski definition) is 4. The first-order valence-corrected chi connectivity index (χ1v) is 7.10. The number of carbonyl (C=O) groups is 1. The van der Waals surface area contributed by atoms with Gasteiger partial charge in [0.15, 0.2) is 0 Å². The number of benzene rings is 1. The molecule has 0 saturated heterocycles. The fourth-order valence-corrected chi connectivity index (χ4v) is 1.94. The molecule has 128 valence electrons. The molecule has 0 aliphatic heterocycles. The van der Waals surface area contributed by atoms with Gasteiger partial charge in [0.25, 0.3) is 11.5 Å². The fraction of sp³-hybridized carbons (Fsp3) is 0.267. The lowest BCUT2D eigenvalue weighted by Crippen LogP contribution is -2.40. The Balaban J connectivity index is 2.00. The standard InChI is InChI=1S/C15H17FN4O4/c1-7-5-9(3-4-10(7)16)24-6-8(2)18-14(22)12-11(17)13(21)20-15(23)19-12/h3-5,8H,6,17H2,1-2H3,(H,18,22)(H2,19,20,21,23). The molecule has 1 aromatic carbocycles. The van der Waals surface area contributed by atoms with Gasteiger partial charge in [-0.15, -0.1) is 0 Å². The monoisotopic (exact) mass is 336 g/mol. The first-order valence-electron chi connectivity index (χ1n) is 7.10. The highest BCUT2D eigenvalue weighted by atomic mass is 19.1. The molecule has 0 fully saturated rings. The van der Waals surface area contributed by atoms with E-state index >= 15 is 0 Å². The zero-order chi connectivity index (χ0) is 17.9. The molecule has 2 rings (SSSR count). The van der Waals surface area contributed by atoms with Crippen LogP contribution in [0.15, 0.2) is 27.8 Å². The molecule has 0 radical (unpaired) electrons. The summed E-state index contributed by atoms with van der Waals surface area (Å²) in [5.41, 5.74) is 3.57. The van der Waals surface area contributed by atoms with Crippen molar-refractivity contribution >= 4 is 11.6 Å². The van der Waals surface area contributed by atoms with Gasteiger partial charge >= 0.3 is 5.69 Å². The summed E-state index contributed by atoms with van der Waals surface area (Å²) >= 11 is 0. The highest BCUT2D eigenvalue weighted by Crippen LogP contribution is 2.16. The molecule has 1 amide bonds. The molecule has 1 atom stereocenters. The Morgan fingerprint density at radius 2 is 2.08 bits per heavy atom. The maximum absolute atomic E-state index is 13.2. The Morgan fingerprint density at radius 3 is 2.75 bits per heavy atom. The van der Waals surface area contributed by atoms with Gasteiger partial charge in [0, 0.05) is 0 Å². The van der Waals surface area contributed by atoms with Crippen molar-refractivity contribution in [2.45, 2.75) is 19.9 Å². The number of H-pyrrole nitrogens is 2. The predicted molar refractivity (Wildman–Crippen MR) is 85.7 cm³/mol. The molecule has 1 heterocycles. The van der Waals surface area contributed by atoms with E-state index in [1.54, 1.807) is 13.8 Å². The van der Waals surface area contributed by atoms with Crippen molar-refractivity contribution in [2.75, 3.05) is 12.3 Å². The summed E-state index contributed by atoms with van der Waals surface area (Å²) in [6.07, 6.45) is 0. The number of aromatic amines is 2. The van der Waals surface area contributed by atoms with Crippen molar-refractivity contribution in [1.82, 2.24) is 15.3 Å². The predicted octanol–water partition coefficient (Wildman–Crippen LogP) is 0.290. The molecule has 0 aliphatic rings. The summed E-state index contributed by atoms with van der Waals surface area (Å²) in [6, 6.07) is 3.85. The topological polar surface area (TPSA) is 130 Å². The number of amides is 1. The Kier molecular flexibility index (Phi) is 5.02. The Bertz CT molecular complexity index is 875. The molecule has 8 nitrogen and oxygen atoms in total. The molecular formula is C15H17FN4O4. The van der Waals surface area contributed by atoms with Crippen molar-refractivity contribution < 1.29 is 13.9 Å². The number of ether oxygens (including phenoxy) is 1. The van der Waals surface area contributed by atoms with Crippen molar-refractivity contribution in [3.05, 3.63) is 56.1 Å². The highest BCUT2D eigenvalue weighted by Gasteiger charge is 2.16. The molecule has 2 aromatic rings. The van der Waals surface area contributed by atoms with Gasteiger partial charge in [0.2, 0.25) is 0 Å². The number of nitrogens with one attached hydrogen (secondary N) is 3. The number of anilines is 1. The SMILES string of the molecule is Cc1cc(OCC(C)NC(=O)c2[nH]c(=O)[nH]c(=O)c2N)ccc1F. The van der Waals surface area contributed by atoms with Crippen LogP contribution in [-0.4, -0.2) is 28.5 Å². The van der Waals surface area contributed by atoms with Crippen LogP contribution in [0.25, 0.3) is 0 Å². The fourth-order valence-electron chi connectivity index (χ4n) is 1.94. The van der Waals surface area contributed by atoms with Crippen LogP contribution in [-0.2, 0) is 0 Å². The minimum absolute atomic E-state index is 0.101. The zero-order valence-electron chi connectivity index (χ0n) is 13.1. The number of hydrogen-bond acceptors (Lipinski definition) is 5. The summed E-state index contributed by atoms with van der Waals surface area (Å²) in [5.74, 6) is -0.585. The van der Waals surface area contributed by atoms with E-state index in [2.05, 4.69) is 10.3 Å². The first-order chi connectivity index (χ1) is 11.3. The van der Waals surface area contributed by atoms with Crippen LogP contribution in [0.4, 0.5) is 10.1 Å². The van der Waals surface area contributed by atoms with Crippen molar-refractivity contribution in [2.24, 2.45) is 0 Å². The van der Waals surface area contributed by atoms with E-state index in [-0.39, 0.29) is 23.8 Å². The van der Waals surface area contributed by atoms with E-state index in [9.17, 15) is 18.8 Å². The van der Waals surface area contributed by atoms with E-state index in [1.807, 2.05) is 4.98 Å². The smallest absolute Gasteiger partial charge is 0.326 e. The molecule has 1 unspecified atom stereocenters. The second-order valence-electron chi connectivity index (χ2n) is 5.29. The molecule has 5 N–H and O–H groups in total. The van der Waals surface area contributed by atoms with Gasteiger partial charge < -0.3 is 20.8 Å². The van der Waals surface area contributed by atoms with Crippen LogP contribution in [0.3, 0.4) is 0 Å². The number of aromatic nitrogens is 2. The molecule has 24 heavy (non-hydrogen) atoms. The summed E-state index contributed by atoms with van der Waals surface area (Å²) in [4.78, 5) is 38.8. The van der Waals surface area contributed by atoms with Gasteiger partial charge in [-0.2, -0.15) is 0 Å². The van der Waals surface area contributed by atoms with Gasteiger partial charge in [0.05, 0.1) is 6.04 Å². The minimum Gasteiger partial charge on any atom is -0.491 e. The normalized spacial score (nSPS) is 11.8. The summed E-state index contributed by atoms with van der Waals surface area (Å²) in [7, 11) is 0. The van der Waals surface area contributed by atoms with E-state index in [4.69, 9.17) is 10.5 Å². The third kappa shape index (κ3) is 4.00. The lowest BCUT2D eigenvalue weighted by atomic mass is 10.2. The number of nitrogens with two attached hydrogens (primary N) is 1. The molecule has 0 aliphatic carbocycles. The summed E-state index contributed by atoms with van der Waals surface area (Å²) in [5, 5.41) is 2.55. The van der Waals surface area contributed by atoms with E-state index < -0.39 is 23.2 Å². The van der Waals surface area contributed by atoms with Crippen LogP contribution < -0.4 is 27.0 Å². The summed E-state index contributed by atoms with van der Waals surface area (Å²) in [6.45, 7) is 3.37. The molecule has 0 bridgehead atoms. The molecule has 0 saturated carbocycles. The first kappa shape index (κ1) is 17.3. The lowest BCUT2D eigenvalue weighted by molar-refractivity contribution is 0.0922. The quantitative estimate of drug-likeness (QED) is 0.623. The Morgan fingerprint density at radius 1 is 1.38 bits per heavy atom. The van der Waals surface area contributed by atoms with E-state index in [1.165, 1.54) is 18.2 Å². The molecule has 9 heteroatoms. The number of rotatable bonds is 5. The second-order valence-corrected chi connectivity index (χ2v) is 5.29. The number of carbonyl (C=O) groups excluding carboxylic acids is 1. The Labute approximate surface area is 135 Å². The maximum atomic E-state index is 13.2. The van der Waals surface area contributed by atoms with Gasteiger partial charge in [0.1, 0.15) is 29.6 Å². The maximum Gasteiger partial charge on any atom is 0.326 e. The van der Waals surface area contributed by atoms with Crippen LogP contribution in [0.5, 0.6) is 5.75 Å². The van der Waals surface area contributed by atoms with Gasteiger partial charge in [-0.3, -0.25) is 14.6 Å². The van der Waals surface area contributed by atoms with E-state index in [0.29, 0.717) is 11.3 Å². The molecule has 1 aromatic heterocycles. The van der Waals surface area contributed by atoms with Gasteiger partial charge in [-0.1, -0.05) is 0 Å². The number of aryl methyl sites for hydroxylation is 1. The van der Waals surface area contributed by atoms with Crippen molar-refractivity contribution in [3.8, 4) is 5.75 Å². The van der Waals surface area contributed by atoms with E-state index in [0.717, 1.165) is 0 Å². The summed E-state index contributed by atoms with van der Waals surface area (Å²) < 4.78 is 18.6. The second kappa shape index (κ2) is 6.99. The highest BCUT2D eigenvalue weighted by molar-refractivity contribution is 5.96. The lowest BCUT2D eigenvalue weighted by Gasteiger charge is -2.15. The van der Waals surface area contributed by atoms with Gasteiger partial charge in [-0.25, -0.2) is 9.18 Å². The van der Waals surface area contributed by atoms with Crippen LogP contribution in [0.1, 0.15) is 23.0 Å². The molecule has 0 spiro atoms. The average Bonchev–Trinajstić information content (AvgIpc) is 2.52. The number of halogens is 1. The Hall–Kier alpha value is -3.10. The third-order valence-corrected chi connectivity index (χ3v) is 3.21. The average molecular weight is 336 g/mol. The largest absolute Gasteiger partial charge is 0.491 e. The minimum atomic E-state index is -0.838. The molecular weight excluding hydrogens is 319 g/mol. The van der Waals surface area contributed by atoms with Crippen LogP contribution in [0, 0.1) is 12.7 Å². The zero-order valence-corrected chi connectivity index (χ0v) is 13.1. The third-order valence-electron chi connectivity index (χ3n) is 3.21. The van der Waals surface area contributed by atoms with Crippen LogP contribution >= 0.6 is 0 Å².